The van der Waals surface area contributed by atoms with E-state index in [0.717, 1.165) is 4.90 Å². The van der Waals surface area contributed by atoms with Gasteiger partial charge >= 0.3 is 0 Å². The van der Waals surface area contributed by atoms with E-state index in [2.05, 4.69) is 5.32 Å². The van der Waals surface area contributed by atoms with E-state index >= 15 is 0 Å². The Hall–Kier alpha value is -0.780. The molecule has 0 saturated carbocycles. The van der Waals surface area contributed by atoms with Gasteiger partial charge in [0.05, 0.1) is 7.11 Å². The number of benzene rings is 2. The SMILES string of the molecule is COc1ccc(C(=O)NC(Sc2ccc(Cl)cc2)C(Cl)(Cl)Cl)cc1. The number of carbonyl (C=O) groups excluding carboxylic acids is 1. The zero-order valence-electron chi connectivity index (χ0n) is 12.4. The fourth-order valence-electron chi connectivity index (χ4n) is 1.77. The predicted molar refractivity (Wildman–Crippen MR) is 102 cm³/mol. The zero-order chi connectivity index (χ0) is 17.7. The molecule has 1 unspecified atom stereocenters. The molecule has 0 heterocycles. The van der Waals surface area contributed by atoms with Crippen molar-refractivity contribution in [3.8, 4) is 5.75 Å². The Kier molecular flexibility index (Phi) is 6.96. The summed E-state index contributed by atoms with van der Waals surface area (Å²) in [6.45, 7) is 0. The molecule has 0 aliphatic rings. The number of carbonyl (C=O) groups is 1. The first-order valence-corrected chi connectivity index (χ1v) is 9.12. The van der Waals surface area contributed by atoms with Gasteiger partial charge in [0.2, 0.25) is 3.79 Å². The molecule has 3 nitrogen and oxygen atoms in total. The molecule has 0 aliphatic carbocycles. The summed E-state index contributed by atoms with van der Waals surface area (Å²) in [5.41, 5.74) is 0.437. The van der Waals surface area contributed by atoms with Crippen molar-refractivity contribution in [3.63, 3.8) is 0 Å². The molecule has 0 aromatic heterocycles. The first kappa shape index (κ1) is 19.5. The third-order valence-corrected chi connectivity index (χ3v) is 5.53. The molecule has 2 aromatic rings. The molecular formula is C16H13Cl4NO2S. The van der Waals surface area contributed by atoms with Crippen LogP contribution < -0.4 is 10.1 Å². The molecule has 128 valence electrons. The van der Waals surface area contributed by atoms with Crippen LogP contribution in [0, 0.1) is 0 Å². The highest BCUT2D eigenvalue weighted by molar-refractivity contribution is 8.00. The Bertz CT molecular complexity index is 687. The number of hydrogen-bond acceptors (Lipinski definition) is 3. The third kappa shape index (κ3) is 5.64. The van der Waals surface area contributed by atoms with Gasteiger partial charge in [0.25, 0.3) is 5.91 Å². The molecular weight excluding hydrogens is 412 g/mol. The maximum Gasteiger partial charge on any atom is 0.252 e. The van der Waals surface area contributed by atoms with E-state index in [-0.39, 0.29) is 5.91 Å². The molecule has 2 rings (SSSR count). The molecule has 1 N–H and O–H groups in total. The Balaban J connectivity index is 2.13. The smallest absolute Gasteiger partial charge is 0.252 e. The van der Waals surface area contributed by atoms with Crippen LogP contribution in [0.1, 0.15) is 10.4 Å². The Labute approximate surface area is 164 Å². The highest BCUT2D eigenvalue weighted by atomic mass is 35.6. The quantitative estimate of drug-likeness (QED) is 0.387. The number of alkyl halides is 3. The summed E-state index contributed by atoms with van der Waals surface area (Å²) in [4.78, 5) is 13.2. The van der Waals surface area contributed by atoms with E-state index < -0.39 is 9.17 Å². The van der Waals surface area contributed by atoms with Gasteiger partial charge in [0, 0.05) is 15.5 Å². The summed E-state index contributed by atoms with van der Waals surface area (Å²) in [6.07, 6.45) is 0. The molecule has 0 saturated heterocycles. The number of hydrogen-bond donors (Lipinski definition) is 1. The topological polar surface area (TPSA) is 38.3 Å². The van der Waals surface area contributed by atoms with Crippen LogP contribution in [0.5, 0.6) is 5.75 Å². The molecule has 0 aliphatic heterocycles. The van der Waals surface area contributed by atoms with Crippen LogP contribution in [0.2, 0.25) is 5.02 Å². The molecule has 0 bridgehead atoms. The molecule has 0 fully saturated rings. The van der Waals surface area contributed by atoms with E-state index in [1.807, 2.05) is 0 Å². The number of ether oxygens (including phenoxy) is 1. The Morgan fingerprint density at radius 3 is 2.17 bits per heavy atom. The van der Waals surface area contributed by atoms with E-state index in [4.69, 9.17) is 51.1 Å². The van der Waals surface area contributed by atoms with Gasteiger partial charge in [-0.2, -0.15) is 0 Å². The lowest BCUT2D eigenvalue weighted by Gasteiger charge is -2.25. The predicted octanol–water partition coefficient (Wildman–Crippen LogP) is 5.57. The summed E-state index contributed by atoms with van der Waals surface area (Å²) >= 11 is 25.1. The van der Waals surface area contributed by atoms with Crippen molar-refractivity contribution >= 4 is 64.1 Å². The van der Waals surface area contributed by atoms with Gasteiger partial charge in [-0.3, -0.25) is 4.79 Å². The van der Waals surface area contributed by atoms with Crippen molar-refractivity contribution in [2.24, 2.45) is 0 Å². The van der Waals surface area contributed by atoms with Crippen LogP contribution in [-0.2, 0) is 0 Å². The summed E-state index contributed by atoms with van der Waals surface area (Å²) in [6, 6.07) is 13.7. The van der Waals surface area contributed by atoms with Gasteiger partial charge in [-0.1, -0.05) is 58.2 Å². The van der Waals surface area contributed by atoms with Crippen LogP contribution in [0.15, 0.2) is 53.4 Å². The minimum Gasteiger partial charge on any atom is -0.497 e. The molecule has 24 heavy (non-hydrogen) atoms. The molecule has 8 heteroatoms. The summed E-state index contributed by atoms with van der Waals surface area (Å²) in [5, 5.41) is 2.55. The minimum absolute atomic E-state index is 0.351. The fourth-order valence-corrected chi connectivity index (χ4v) is 3.33. The van der Waals surface area contributed by atoms with Crippen LogP contribution in [0.3, 0.4) is 0 Å². The van der Waals surface area contributed by atoms with Gasteiger partial charge in [0.15, 0.2) is 0 Å². The number of thioether (sulfide) groups is 1. The van der Waals surface area contributed by atoms with Crippen LogP contribution in [0.4, 0.5) is 0 Å². The maximum absolute atomic E-state index is 12.4. The number of halogens is 4. The minimum atomic E-state index is -1.69. The first-order chi connectivity index (χ1) is 11.3. The standard InChI is InChI=1S/C16H13Cl4NO2S/c1-23-12-6-2-10(3-7-12)14(22)21-15(16(18,19)20)24-13-8-4-11(17)5-9-13/h2-9,15H,1H3,(H,21,22). The van der Waals surface area contributed by atoms with E-state index in [1.165, 1.54) is 11.8 Å². The van der Waals surface area contributed by atoms with Crippen LogP contribution >= 0.6 is 58.2 Å². The number of amides is 1. The molecule has 0 radical (unpaired) electrons. The van der Waals surface area contributed by atoms with Crippen LogP contribution in [0.25, 0.3) is 0 Å². The van der Waals surface area contributed by atoms with Crippen LogP contribution in [-0.4, -0.2) is 22.2 Å². The molecule has 0 spiro atoms. The number of methoxy groups -OCH3 is 1. The van der Waals surface area contributed by atoms with Crippen molar-refractivity contribution < 1.29 is 9.53 Å². The van der Waals surface area contributed by atoms with E-state index in [0.29, 0.717) is 16.3 Å². The van der Waals surface area contributed by atoms with E-state index in [1.54, 1.807) is 55.6 Å². The highest BCUT2D eigenvalue weighted by Crippen LogP contribution is 2.39. The van der Waals surface area contributed by atoms with Gasteiger partial charge in [0.1, 0.15) is 11.1 Å². The molecule has 1 amide bonds. The van der Waals surface area contributed by atoms with Crippen molar-refractivity contribution in [3.05, 3.63) is 59.1 Å². The normalized spacial score (nSPS) is 12.5. The molecule has 2 aromatic carbocycles. The lowest BCUT2D eigenvalue weighted by Crippen LogP contribution is -2.41. The maximum atomic E-state index is 12.4. The van der Waals surface area contributed by atoms with Crippen molar-refractivity contribution in [1.29, 1.82) is 0 Å². The van der Waals surface area contributed by atoms with Crippen molar-refractivity contribution in [2.45, 2.75) is 14.1 Å². The largest absolute Gasteiger partial charge is 0.497 e. The number of rotatable bonds is 5. The first-order valence-electron chi connectivity index (χ1n) is 6.73. The Morgan fingerprint density at radius 2 is 1.67 bits per heavy atom. The van der Waals surface area contributed by atoms with Gasteiger partial charge in [-0.15, -0.1) is 0 Å². The second kappa shape index (κ2) is 8.54. The van der Waals surface area contributed by atoms with Crippen molar-refractivity contribution in [2.75, 3.05) is 7.11 Å². The summed E-state index contributed by atoms with van der Waals surface area (Å²) in [5.74, 6) is 0.301. The fraction of sp³-hybridized carbons (Fsp3) is 0.188. The zero-order valence-corrected chi connectivity index (χ0v) is 16.3. The number of nitrogens with one attached hydrogen (secondary N) is 1. The second-order valence-corrected chi connectivity index (χ2v) is 8.68. The lowest BCUT2D eigenvalue weighted by molar-refractivity contribution is 0.0950. The lowest BCUT2D eigenvalue weighted by atomic mass is 10.2. The monoisotopic (exact) mass is 423 g/mol. The molecule has 1 atom stereocenters. The second-order valence-electron chi connectivity index (χ2n) is 4.70. The van der Waals surface area contributed by atoms with Gasteiger partial charge in [-0.25, -0.2) is 0 Å². The van der Waals surface area contributed by atoms with Gasteiger partial charge < -0.3 is 10.1 Å². The van der Waals surface area contributed by atoms with Crippen molar-refractivity contribution in [1.82, 2.24) is 5.32 Å². The third-order valence-electron chi connectivity index (χ3n) is 2.98. The van der Waals surface area contributed by atoms with Gasteiger partial charge in [-0.05, 0) is 48.5 Å². The average molecular weight is 425 g/mol. The van der Waals surface area contributed by atoms with E-state index in [9.17, 15) is 4.79 Å². The summed E-state index contributed by atoms with van der Waals surface area (Å²) in [7, 11) is 1.55. The Morgan fingerprint density at radius 1 is 1.08 bits per heavy atom. The summed E-state index contributed by atoms with van der Waals surface area (Å²) < 4.78 is 3.37. The average Bonchev–Trinajstić information content (AvgIpc) is 2.55. The highest BCUT2D eigenvalue weighted by Gasteiger charge is 2.35.